The molecule has 6 heteroatoms. The minimum absolute atomic E-state index is 0.00577. The molecule has 0 spiro atoms. The monoisotopic (exact) mass is 233 g/mol. The van der Waals surface area contributed by atoms with Gasteiger partial charge in [0.2, 0.25) is 0 Å². The molecule has 0 aliphatic heterocycles. The van der Waals surface area contributed by atoms with E-state index in [9.17, 15) is 4.79 Å². The molecule has 2 heterocycles. The fraction of sp³-hybridized carbons (Fsp3) is 0.364. The summed E-state index contributed by atoms with van der Waals surface area (Å²) in [6.45, 7) is 1.21. The molecule has 2 aromatic rings. The molecular formula is C11H15N5O. The highest BCUT2D eigenvalue weighted by molar-refractivity contribution is 5.95. The number of rotatable bonds is 5. The maximum atomic E-state index is 11.9. The fourth-order valence-electron chi connectivity index (χ4n) is 1.61. The molecule has 0 saturated carbocycles. The summed E-state index contributed by atoms with van der Waals surface area (Å²) in [5, 5.41) is 4.02. The first kappa shape index (κ1) is 11.5. The van der Waals surface area contributed by atoms with E-state index in [1.165, 1.54) is 0 Å². The molecule has 17 heavy (non-hydrogen) atoms. The molecule has 0 aromatic carbocycles. The van der Waals surface area contributed by atoms with Crippen molar-refractivity contribution in [1.82, 2.24) is 19.3 Å². The molecule has 0 saturated heterocycles. The Balaban J connectivity index is 2.03. The van der Waals surface area contributed by atoms with Crippen LogP contribution in [-0.2, 0) is 20.0 Å². The molecule has 0 amide bonds. The van der Waals surface area contributed by atoms with Crippen molar-refractivity contribution in [3.63, 3.8) is 0 Å². The molecule has 2 N–H and O–H groups in total. The van der Waals surface area contributed by atoms with E-state index < -0.39 is 0 Å². The lowest BCUT2D eigenvalue weighted by Gasteiger charge is -1.96. The van der Waals surface area contributed by atoms with Crippen molar-refractivity contribution in [3.05, 3.63) is 36.2 Å². The topological polar surface area (TPSA) is 78.7 Å². The van der Waals surface area contributed by atoms with Gasteiger partial charge in [0.05, 0.1) is 12.5 Å². The first-order chi connectivity index (χ1) is 8.19. The van der Waals surface area contributed by atoms with Gasteiger partial charge in [-0.15, -0.1) is 0 Å². The number of aromatic nitrogens is 4. The summed E-state index contributed by atoms with van der Waals surface area (Å²) < 4.78 is 3.49. The van der Waals surface area contributed by atoms with Crippen LogP contribution < -0.4 is 5.73 Å². The van der Waals surface area contributed by atoms with Gasteiger partial charge < -0.3 is 10.3 Å². The largest absolute Gasteiger partial charge is 0.335 e. The molecule has 0 aliphatic carbocycles. The van der Waals surface area contributed by atoms with Gasteiger partial charge in [-0.3, -0.25) is 9.48 Å². The van der Waals surface area contributed by atoms with Gasteiger partial charge in [0.15, 0.2) is 5.78 Å². The van der Waals surface area contributed by atoms with Gasteiger partial charge >= 0.3 is 0 Å². The van der Waals surface area contributed by atoms with Crippen molar-refractivity contribution in [1.29, 1.82) is 0 Å². The fourth-order valence-corrected chi connectivity index (χ4v) is 1.61. The average Bonchev–Trinajstić information content (AvgIpc) is 2.88. The van der Waals surface area contributed by atoms with Crippen LogP contribution in [0.3, 0.4) is 0 Å². The third kappa shape index (κ3) is 2.79. The number of nitrogens with zero attached hydrogens (tertiary/aromatic N) is 4. The van der Waals surface area contributed by atoms with Crippen LogP contribution in [0.1, 0.15) is 16.1 Å². The van der Waals surface area contributed by atoms with Crippen LogP contribution in [0.15, 0.2) is 24.9 Å². The zero-order valence-corrected chi connectivity index (χ0v) is 9.71. The Morgan fingerprint density at radius 3 is 2.94 bits per heavy atom. The van der Waals surface area contributed by atoms with Gasteiger partial charge in [-0.25, -0.2) is 4.98 Å². The van der Waals surface area contributed by atoms with Crippen LogP contribution in [0.25, 0.3) is 0 Å². The summed E-state index contributed by atoms with van der Waals surface area (Å²) >= 11 is 0. The Bertz CT molecular complexity index is 513. The highest BCUT2D eigenvalue weighted by Crippen LogP contribution is 2.05. The number of carbonyl (C=O) groups excluding carboxylic acids is 1. The summed E-state index contributed by atoms with van der Waals surface area (Å²) in [6, 6.07) is 0. The Kier molecular flexibility index (Phi) is 3.34. The minimum Gasteiger partial charge on any atom is -0.335 e. The standard InChI is InChI=1S/C11H15N5O/c1-15-6-9(5-14-15)4-11(17)10-7-16(3-2-12)8-13-10/h5-8H,2-4,12H2,1H3. The zero-order valence-electron chi connectivity index (χ0n) is 9.71. The quantitative estimate of drug-likeness (QED) is 0.737. The molecule has 0 aliphatic rings. The lowest BCUT2D eigenvalue weighted by atomic mass is 10.1. The normalized spacial score (nSPS) is 10.7. The molecule has 2 rings (SSSR count). The molecule has 0 atom stereocenters. The van der Waals surface area contributed by atoms with E-state index in [1.54, 1.807) is 23.4 Å². The van der Waals surface area contributed by atoms with Crippen molar-refractivity contribution in [2.24, 2.45) is 12.8 Å². The third-order valence-corrected chi connectivity index (χ3v) is 2.43. The molecular weight excluding hydrogens is 218 g/mol. The molecule has 0 radical (unpaired) electrons. The third-order valence-electron chi connectivity index (χ3n) is 2.43. The number of hydrogen-bond donors (Lipinski definition) is 1. The summed E-state index contributed by atoms with van der Waals surface area (Å²) in [5.74, 6) is -0.00577. The molecule has 90 valence electrons. The summed E-state index contributed by atoms with van der Waals surface area (Å²) in [7, 11) is 1.82. The van der Waals surface area contributed by atoms with Crippen LogP contribution in [0.5, 0.6) is 0 Å². The number of Topliss-reactive ketones (excluding diaryl/α,β-unsaturated/α-hetero) is 1. The minimum atomic E-state index is -0.00577. The number of nitrogens with two attached hydrogens (primary N) is 1. The second kappa shape index (κ2) is 4.92. The molecule has 0 bridgehead atoms. The summed E-state index contributed by atoms with van der Waals surface area (Å²) in [6.07, 6.45) is 7.20. The molecule has 2 aromatic heterocycles. The summed E-state index contributed by atoms with van der Waals surface area (Å²) in [4.78, 5) is 16.0. The van der Waals surface area contributed by atoms with E-state index in [-0.39, 0.29) is 5.78 Å². The molecule has 6 nitrogen and oxygen atoms in total. The Hall–Kier alpha value is -1.95. The first-order valence-electron chi connectivity index (χ1n) is 5.41. The Morgan fingerprint density at radius 1 is 1.47 bits per heavy atom. The lowest BCUT2D eigenvalue weighted by molar-refractivity contribution is 0.0988. The van der Waals surface area contributed by atoms with Crippen molar-refractivity contribution >= 4 is 5.78 Å². The maximum Gasteiger partial charge on any atom is 0.187 e. The predicted molar refractivity (Wildman–Crippen MR) is 62.5 cm³/mol. The SMILES string of the molecule is Cn1cc(CC(=O)c2cn(CCN)cn2)cn1. The van der Waals surface area contributed by atoms with Crippen LogP contribution >= 0.6 is 0 Å². The lowest BCUT2D eigenvalue weighted by Crippen LogP contribution is -2.08. The second-order valence-corrected chi connectivity index (χ2v) is 3.91. The van der Waals surface area contributed by atoms with E-state index in [2.05, 4.69) is 10.1 Å². The van der Waals surface area contributed by atoms with Gasteiger partial charge in [0.1, 0.15) is 5.69 Å². The number of imidazole rings is 1. The first-order valence-corrected chi connectivity index (χ1v) is 5.41. The van der Waals surface area contributed by atoms with E-state index in [0.717, 1.165) is 5.56 Å². The average molecular weight is 233 g/mol. The van der Waals surface area contributed by atoms with E-state index in [4.69, 9.17) is 5.73 Å². The number of aryl methyl sites for hydroxylation is 1. The van der Waals surface area contributed by atoms with Gasteiger partial charge in [0, 0.05) is 39.0 Å². The smallest absolute Gasteiger partial charge is 0.187 e. The number of hydrogen-bond acceptors (Lipinski definition) is 4. The Labute approximate surface area is 99.1 Å². The Morgan fingerprint density at radius 2 is 2.29 bits per heavy atom. The number of ketones is 1. The van der Waals surface area contributed by atoms with E-state index in [1.807, 2.05) is 17.8 Å². The van der Waals surface area contributed by atoms with Crippen LogP contribution in [0.2, 0.25) is 0 Å². The van der Waals surface area contributed by atoms with Crippen molar-refractivity contribution in [2.75, 3.05) is 6.54 Å². The van der Waals surface area contributed by atoms with Gasteiger partial charge in [-0.1, -0.05) is 0 Å². The van der Waals surface area contributed by atoms with Crippen molar-refractivity contribution < 1.29 is 4.79 Å². The van der Waals surface area contributed by atoms with Gasteiger partial charge in [0.25, 0.3) is 0 Å². The van der Waals surface area contributed by atoms with Crippen LogP contribution in [0, 0.1) is 0 Å². The number of carbonyl (C=O) groups is 1. The highest BCUT2D eigenvalue weighted by Gasteiger charge is 2.11. The predicted octanol–water partition coefficient (Wildman–Crippen LogP) is 0.000700. The van der Waals surface area contributed by atoms with E-state index in [0.29, 0.717) is 25.2 Å². The molecule has 0 fully saturated rings. The maximum absolute atomic E-state index is 11.9. The second-order valence-electron chi connectivity index (χ2n) is 3.91. The van der Waals surface area contributed by atoms with Crippen LogP contribution in [0.4, 0.5) is 0 Å². The zero-order chi connectivity index (χ0) is 12.3. The summed E-state index contributed by atoms with van der Waals surface area (Å²) in [5.41, 5.74) is 6.80. The van der Waals surface area contributed by atoms with E-state index >= 15 is 0 Å². The van der Waals surface area contributed by atoms with Gasteiger partial charge in [-0.05, 0) is 5.56 Å². The highest BCUT2D eigenvalue weighted by atomic mass is 16.1. The van der Waals surface area contributed by atoms with Crippen LogP contribution in [-0.4, -0.2) is 31.7 Å². The molecule has 0 unspecified atom stereocenters. The van der Waals surface area contributed by atoms with Gasteiger partial charge in [-0.2, -0.15) is 5.10 Å². The van der Waals surface area contributed by atoms with Crippen molar-refractivity contribution in [2.45, 2.75) is 13.0 Å². The van der Waals surface area contributed by atoms with Crippen molar-refractivity contribution in [3.8, 4) is 0 Å².